The van der Waals surface area contributed by atoms with Crippen LogP contribution in [0, 0.1) is 11.3 Å². The van der Waals surface area contributed by atoms with Crippen LogP contribution in [-0.4, -0.2) is 15.8 Å². The van der Waals surface area contributed by atoms with Crippen molar-refractivity contribution in [3.63, 3.8) is 0 Å². The van der Waals surface area contributed by atoms with E-state index >= 15 is 0 Å². The molecule has 0 radical (unpaired) electrons. The largest absolute Gasteiger partial charge is 0.508 e. The Hall–Kier alpha value is -0.0200. The number of hydrogen-bond acceptors (Lipinski definition) is 1. The van der Waals surface area contributed by atoms with E-state index in [1.54, 1.807) is 12.1 Å². The molecule has 0 heterocycles. The second kappa shape index (κ2) is 6.06. The maximum atomic E-state index is 9.26. The molecule has 0 saturated heterocycles. The molecule has 1 N–H and O–H groups in total. The van der Waals surface area contributed by atoms with Crippen molar-refractivity contribution in [2.45, 2.75) is 20.3 Å². The van der Waals surface area contributed by atoms with Crippen LogP contribution in [0.5, 0.6) is 5.75 Å². The first-order chi connectivity index (χ1) is 7.54. The summed E-state index contributed by atoms with van der Waals surface area (Å²) in [5.41, 5.74) is 1.50. The fourth-order valence-electron chi connectivity index (χ4n) is 1.66. The van der Waals surface area contributed by atoms with Crippen LogP contribution in [0.3, 0.4) is 0 Å². The van der Waals surface area contributed by atoms with E-state index in [1.807, 2.05) is 12.1 Å². The fourth-order valence-corrected chi connectivity index (χ4v) is 4.28. The lowest BCUT2D eigenvalue weighted by Crippen LogP contribution is -2.33. The highest BCUT2D eigenvalue weighted by molar-refractivity contribution is 9.09. The minimum Gasteiger partial charge on any atom is -0.508 e. The molecule has 90 valence electrons. The molecule has 0 saturated carbocycles. The highest BCUT2D eigenvalue weighted by Gasteiger charge is 2.31. The number of benzene rings is 1. The van der Waals surface area contributed by atoms with E-state index in [2.05, 4.69) is 45.7 Å². The molecule has 0 amide bonds. The predicted octanol–water partition coefficient (Wildman–Crippen LogP) is 4.37. The standard InChI is InChI=1S/C13H18Br2O/c1-10(2)13(8-14,9-15)7-11-3-5-12(16)6-4-11/h3-6,10,16H,7-9H2,1-2H3. The molecule has 1 nitrogen and oxygen atoms in total. The molecule has 16 heavy (non-hydrogen) atoms. The molecule has 1 aromatic carbocycles. The van der Waals surface area contributed by atoms with Gasteiger partial charge in [-0.15, -0.1) is 0 Å². The van der Waals surface area contributed by atoms with Gasteiger partial charge in [-0.25, -0.2) is 0 Å². The minimum atomic E-state index is 0.233. The number of rotatable bonds is 5. The van der Waals surface area contributed by atoms with Gasteiger partial charge in [-0.1, -0.05) is 57.8 Å². The van der Waals surface area contributed by atoms with Crippen LogP contribution < -0.4 is 0 Å². The zero-order chi connectivity index (χ0) is 12.2. The molecule has 3 heteroatoms. The van der Waals surface area contributed by atoms with E-state index < -0.39 is 0 Å². The summed E-state index contributed by atoms with van der Waals surface area (Å²) in [5.74, 6) is 0.927. The van der Waals surface area contributed by atoms with Gasteiger partial charge in [-0.2, -0.15) is 0 Å². The van der Waals surface area contributed by atoms with Crippen molar-refractivity contribution >= 4 is 31.9 Å². The zero-order valence-corrected chi connectivity index (χ0v) is 12.9. The average Bonchev–Trinajstić information content (AvgIpc) is 2.28. The summed E-state index contributed by atoms with van der Waals surface area (Å²) in [6.45, 7) is 4.51. The summed E-state index contributed by atoms with van der Waals surface area (Å²) in [6, 6.07) is 7.50. The highest BCUT2D eigenvalue weighted by atomic mass is 79.9. The van der Waals surface area contributed by atoms with Crippen LogP contribution in [0.25, 0.3) is 0 Å². The topological polar surface area (TPSA) is 20.2 Å². The molecular formula is C13H18Br2O. The zero-order valence-electron chi connectivity index (χ0n) is 9.71. The molecule has 0 unspecified atom stereocenters. The van der Waals surface area contributed by atoms with Gasteiger partial charge in [-0.3, -0.25) is 0 Å². The van der Waals surface area contributed by atoms with Gasteiger partial charge in [-0.05, 0) is 35.4 Å². The second-order valence-corrected chi connectivity index (χ2v) is 5.75. The van der Waals surface area contributed by atoms with Crippen LogP contribution >= 0.6 is 31.9 Å². The first-order valence-corrected chi connectivity index (χ1v) is 7.68. The van der Waals surface area contributed by atoms with Crippen LogP contribution in [0.1, 0.15) is 19.4 Å². The first kappa shape index (κ1) is 14.0. The SMILES string of the molecule is CC(C)C(CBr)(CBr)Cc1ccc(O)cc1. The van der Waals surface area contributed by atoms with Crippen molar-refractivity contribution in [1.29, 1.82) is 0 Å². The third kappa shape index (κ3) is 3.24. The fraction of sp³-hybridized carbons (Fsp3) is 0.538. The van der Waals surface area contributed by atoms with Gasteiger partial charge in [0.05, 0.1) is 0 Å². The third-order valence-electron chi connectivity index (χ3n) is 3.25. The molecule has 0 aromatic heterocycles. The molecule has 0 fully saturated rings. The van der Waals surface area contributed by atoms with Gasteiger partial charge >= 0.3 is 0 Å². The summed E-state index contributed by atoms with van der Waals surface area (Å²) < 4.78 is 0. The molecule has 0 aliphatic rings. The molecule has 1 aromatic rings. The molecule has 0 aliphatic carbocycles. The van der Waals surface area contributed by atoms with Gasteiger partial charge in [0.1, 0.15) is 5.75 Å². The third-order valence-corrected chi connectivity index (χ3v) is 5.48. The Kier molecular flexibility index (Phi) is 5.32. The van der Waals surface area contributed by atoms with Crippen LogP contribution in [0.2, 0.25) is 0 Å². The van der Waals surface area contributed by atoms with E-state index in [1.165, 1.54) is 5.56 Å². The lowest BCUT2D eigenvalue weighted by Gasteiger charge is -2.34. The molecule has 0 bridgehead atoms. The van der Waals surface area contributed by atoms with Crippen LogP contribution in [-0.2, 0) is 6.42 Å². The maximum absolute atomic E-state index is 9.26. The molecule has 0 atom stereocenters. The van der Waals surface area contributed by atoms with Crippen molar-refractivity contribution in [3.8, 4) is 5.75 Å². The van der Waals surface area contributed by atoms with E-state index in [4.69, 9.17) is 0 Å². The number of aromatic hydroxyl groups is 1. The Morgan fingerprint density at radius 3 is 2.00 bits per heavy atom. The Morgan fingerprint density at radius 1 is 1.12 bits per heavy atom. The highest BCUT2D eigenvalue weighted by Crippen LogP contribution is 2.36. The van der Waals surface area contributed by atoms with E-state index in [-0.39, 0.29) is 5.41 Å². The summed E-state index contributed by atoms with van der Waals surface area (Å²) in [5, 5.41) is 11.2. The average molecular weight is 350 g/mol. The summed E-state index contributed by atoms with van der Waals surface area (Å²) in [6.07, 6.45) is 1.02. The smallest absolute Gasteiger partial charge is 0.115 e. The minimum absolute atomic E-state index is 0.233. The van der Waals surface area contributed by atoms with Gasteiger partial charge in [0.25, 0.3) is 0 Å². The normalized spacial score (nSPS) is 12.1. The Balaban J connectivity index is 2.87. The van der Waals surface area contributed by atoms with Gasteiger partial charge in [0.2, 0.25) is 0 Å². The Morgan fingerprint density at radius 2 is 1.62 bits per heavy atom. The second-order valence-electron chi connectivity index (χ2n) is 4.63. The van der Waals surface area contributed by atoms with Gasteiger partial charge in [0, 0.05) is 10.7 Å². The lowest BCUT2D eigenvalue weighted by molar-refractivity contribution is 0.268. The summed E-state index contributed by atoms with van der Waals surface area (Å²) >= 11 is 7.25. The quantitative estimate of drug-likeness (QED) is 0.782. The van der Waals surface area contributed by atoms with Crippen LogP contribution in [0.15, 0.2) is 24.3 Å². The lowest BCUT2D eigenvalue weighted by atomic mass is 9.76. The molecule has 0 spiro atoms. The van der Waals surface area contributed by atoms with E-state index in [9.17, 15) is 5.11 Å². The van der Waals surface area contributed by atoms with Crippen LogP contribution in [0.4, 0.5) is 0 Å². The maximum Gasteiger partial charge on any atom is 0.115 e. The van der Waals surface area contributed by atoms with Crippen molar-refractivity contribution in [2.24, 2.45) is 11.3 Å². The van der Waals surface area contributed by atoms with E-state index in [0.29, 0.717) is 11.7 Å². The summed E-state index contributed by atoms with van der Waals surface area (Å²) in [4.78, 5) is 0. The number of phenolic OH excluding ortho intramolecular Hbond substituents is 1. The van der Waals surface area contributed by atoms with Crippen molar-refractivity contribution in [1.82, 2.24) is 0 Å². The Bertz CT molecular complexity index is 315. The van der Waals surface area contributed by atoms with Crippen molar-refractivity contribution < 1.29 is 5.11 Å². The molecule has 0 aliphatic heterocycles. The Labute approximate surface area is 115 Å². The number of halogens is 2. The number of alkyl halides is 2. The molecule has 1 rings (SSSR count). The van der Waals surface area contributed by atoms with Gasteiger partial charge < -0.3 is 5.11 Å². The van der Waals surface area contributed by atoms with Crippen molar-refractivity contribution in [3.05, 3.63) is 29.8 Å². The monoisotopic (exact) mass is 348 g/mol. The summed E-state index contributed by atoms with van der Waals surface area (Å²) in [7, 11) is 0. The molecular weight excluding hydrogens is 332 g/mol. The van der Waals surface area contributed by atoms with Gasteiger partial charge in [0.15, 0.2) is 0 Å². The van der Waals surface area contributed by atoms with Crippen molar-refractivity contribution in [2.75, 3.05) is 10.7 Å². The van der Waals surface area contributed by atoms with E-state index in [0.717, 1.165) is 17.1 Å². The predicted molar refractivity (Wildman–Crippen MR) is 76.7 cm³/mol. The number of hydrogen-bond donors (Lipinski definition) is 1. The number of phenols is 1. The first-order valence-electron chi connectivity index (χ1n) is 5.44.